The summed E-state index contributed by atoms with van der Waals surface area (Å²) in [5.41, 5.74) is 1.84. The molecule has 5 heteroatoms. The van der Waals surface area contributed by atoms with E-state index in [0.29, 0.717) is 23.7 Å². The highest BCUT2D eigenvalue weighted by Crippen LogP contribution is 2.30. The predicted molar refractivity (Wildman–Crippen MR) is 107 cm³/mol. The van der Waals surface area contributed by atoms with Crippen molar-refractivity contribution in [3.8, 4) is 11.5 Å². The molecule has 0 radical (unpaired) electrons. The molecule has 0 unspecified atom stereocenters. The molecule has 0 spiro atoms. The molecule has 4 rings (SSSR count). The lowest BCUT2D eigenvalue weighted by molar-refractivity contribution is -0.119. The van der Waals surface area contributed by atoms with E-state index in [-0.39, 0.29) is 23.6 Å². The van der Waals surface area contributed by atoms with Crippen LogP contribution in [0.4, 0.5) is 10.1 Å². The van der Waals surface area contributed by atoms with Gasteiger partial charge < -0.3 is 15.4 Å². The van der Waals surface area contributed by atoms with Crippen LogP contribution in [0.25, 0.3) is 0 Å². The molecule has 1 amide bonds. The summed E-state index contributed by atoms with van der Waals surface area (Å²) < 4.78 is 18.8. The Morgan fingerprint density at radius 3 is 2.50 bits per heavy atom. The summed E-state index contributed by atoms with van der Waals surface area (Å²) in [5.74, 6) is 0.802. The second-order valence-electron chi connectivity index (χ2n) is 6.85. The minimum absolute atomic E-state index is 0.0159. The van der Waals surface area contributed by atoms with Crippen LogP contribution in [0.2, 0.25) is 0 Å². The number of amides is 1. The topological polar surface area (TPSA) is 50.4 Å². The minimum Gasteiger partial charge on any atom is -0.457 e. The Morgan fingerprint density at radius 1 is 0.929 bits per heavy atom. The van der Waals surface area contributed by atoms with Crippen molar-refractivity contribution in [3.63, 3.8) is 0 Å². The van der Waals surface area contributed by atoms with Crippen molar-refractivity contribution in [2.75, 3.05) is 18.4 Å². The van der Waals surface area contributed by atoms with Crippen molar-refractivity contribution in [1.29, 1.82) is 0 Å². The van der Waals surface area contributed by atoms with E-state index in [9.17, 15) is 9.18 Å². The van der Waals surface area contributed by atoms with E-state index in [4.69, 9.17) is 4.74 Å². The zero-order valence-electron chi connectivity index (χ0n) is 15.3. The molecule has 1 fully saturated rings. The van der Waals surface area contributed by atoms with Crippen LogP contribution in [0.1, 0.15) is 11.5 Å². The van der Waals surface area contributed by atoms with Crippen LogP contribution in [0.3, 0.4) is 0 Å². The molecule has 4 nitrogen and oxygen atoms in total. The zero-order chi connectivity index (χ0) is 19.3. The number of halogens is 1. The zero-order valence-corrected chi connectivity index (χ0v) is 15.3. The lowest BCUT2D eigenvalue weighted by Crippen LogP contribution is -2.28. The standard InChI is InChI=1S/C23H21FN2O2/c24-17-9-11-19(12-10-17)28-20-8-4-7-18(13-20)26-23(27)22-15-25-14-21(22)16-5-2-1-3-6-16/h1-13,21-22,25H,14-15H2,(H,26,27)/t21-,22+/m0/s1. The van der Waals surface area contributed by atoms with Gasteiger partial charge in [0.2, 0.25) is 5.91 Å². The van der Waals surface area contributed by atoms with Crippen molar-refractivity contribution in [2.45, 2.75) is 5.92 Å². The van der Waals surface area contributed by atoms with Gasteiger partial charge in [-0.25, -0.2) is 4.39 Å². The molecular weight excluding hydrogens is 355 g/mol. The van der Waals surface area contributed by atoms with Gasteiger partial charge in [-0.15, -0.1) is 0 Å². The van der Waals surface area contributed by atoms with Crippen molar-refractivity contribution < 1.29 is 13.9 Å². The average molecular weight is 376 g/mol. The second-order valence-corrected chi connectivity index (χ2v) is 6.85. The Bertz CT molecular complexity index is 944. The molecule has 0 saturated carbocycles. The lowest BCUT2D eigenvalue weighted by Gasteiger charge is -2.19. The Kier molecular flexibility index (Phi) is 5.35. The maximum atomic E-state index is 13.0. The van der Waals surface area contributed by atoms with Crippen LogP contribution in [0.15, 0.2) is 78.9 Å². The molecule has 1 aliphatic heterocycles. The number of carbonyl (C=O) groups excluding carboxylic acids is 1. The van der Waals surface area contributed by atoms with E-state index in [1.54, 1.807) is 24.3 Å². The summed E-state index contributed by atoms with van der Waals surface area (Å²) in [4.78, 5) is 12.9. The van der Waals surface area contributed by atoms with Crippen LogP contribution in [0, 0.1) is 11.7 Å². The number of anilines is 1. The van der Waals surface area contributed by atoms with Gasteiger partial charge >= 0.3 is 0 Å². The van der Waals surface area contributed by atoms with Crippen molar-refractivity contribution in [2.24, 2.45) is 5.92 Å². The van der Waals surface area contributed by atoms with Crippen LogP contribution in [0.5, 0.6) is 11.5 Å². The molecule has 1 heterocycles. The number of hydrogen-bond donors (Lipinski definition) is 2. The number of carbonyl (C=O) groups is 1. The molecule has 1 saturated heterocycles. The quantitative estimate of drug-likeness (QED) is 0.686. The summed E-state index contributed by atoms with van der Waals surface area (Å²) in [6.07, 6.45) is 0. The van der Waals surface area contributed by atoms with E-state index in [2.05, 4.69) is 22.8 Å². The third kappa shape index (κ3) is 4.21. The van der Waals surface area contributed by atoms with Gasteiger partial charge in [-0.05, 0) is 42.0 Å². The number of ether oxygens (including phenoxy) is 1. The predicted octanol–water partition coefficient (Wildman–Crippen LogP) is 4.56. The van der Waals surface area contributed by atoms with Crippen LogP contribution < -0.4 is 15.4 Å². The highest BCUT2D eigenvalue weighted by molar-refractivity contribution is 5.93. The summed E-state index contributed by atoms with van der Waals surface area (Å²) in [6, 6.07) is 23.1. The number of nitrogens with one attached hydrogen (secondary N) is 2. The maximum absolute atomic E-state index is 13.0. The molecule has 0 aromatic heterocycles. The third-order valence-electron chi connectivity index (χ3n) is 4.93. The molecule has 3 aromatic carbocycles. The number of benzene rings is 3. The SMILES string of the molecule is O=C(Nc1cccc(Oc2ccc(F)cc2)c1)[C@@H]1CNC[C@H]1c1ccccc1. The van der Waals surface area contributed by atoms with E-state index in [1.807, 2.05) is 30.3 Å². The Labute approximate surface area is 163 Å². The fourth-order valence-corrected chi connectivity index (χ4v) is 3.52. The van der Waals surface area contributed by atoms with Crippen molar-refractivity contribution >= 4 is 11.6 Å². The Hall–Kier alpha value is -3.18. The monoisotopic (exact) mass is 376 g/mol. The maximum Gasteiger partial charge on any atom is 0.229 e. The van der Waals surface area contributed by atoms with Gasteiger partial charge in [-0.1, -0.05) is 36.4 Å². The molecule has 3 aromatic rings. The van der Waals surface area contributed by atoms with Crippen LogP contribution >= 0.6 is 0 Å². The first-order valence-corrected chi connectivity index (χ1v) is 9.29. The van der Waals surface area contributed by atoms with Gasteiger partial charge in [0, 0.05) is 30.8 Å². The smallest absolute Gasteiger partial charge is 0.229 e. The number of hydrogen-bond acceptors (Lipinski definition) is 3. The molecule has 1 aliphatic rings. The summed E-state index contributed by atoms with van der Waals surface area (Å²) in [5, 5.41) is 6.32. The van der Waals surface area contributed by atoms with Gasteiger partial charge in [0.15, 0.2) is 0 Å². The van der Waals surface area contributed by atoms with Crippen LogP contribution in [-0.2, 0) is 4.79 Å². The fraction of sp³-hybridized carbons (Fsp3) is 0.174. The first-order valence-electron chi connectivity index (χ1n) is 9.29. The number of rotatable bonds is 5. The van der Waals surface area contributed by atoms with Crippen molar-refractivity contribution in [1.82, 2.24) is 5.32 Å². The Balaban J connectivity index is 1.45. The molecule has 0 aliphatic carbocycles. The molecular formula is C23H21FN2O2. The summed E-state index contributed by atoms with van der Waals surface area (Å²) >= 11 is 0. The van der Waals surface area contributed by atoms with E-state index < -0.39 is 0 Å². The van der Waals surface area contributed by atoms with E-state index in [1.165, 1.54) is 17.7 Å². The third-order valence-corrected chi connectivity index (χ3v) is 4.93. The van der Waals surface area contributed by atoms with E-state index >= 15 is 0 Å². The highest BCUT2D eigenvalue weighted by Gasteiger charge is 2.33. The van der Waals surface area contributed by atoms with Gasteiger partial charge in [0.1, 0.15) is 17.3 Å². The molecule has 2 N–H and O–H groups in total. The molecule has 28 heavy (non-hydrogen) atoms. The average Bonchev–Trinajstić information content (AvgIpc) is 3.21. The lowest BCUT2D eigenvalue weighted by atomic mass is 9.88. The normalized spacial score (nSPS) is 18.6. The van der Waals surface area contributed by atoms with Gasteiger partial charge in [0.25, 0.3) is 0 Å². The molecule has 142 valence electrons. The van der Waals surface area contributed by atoms with Gasteiger partial charge in [-0.3, -0.25) is 4.79 Å². The Morgan fingerprint density at radius 2 is 1.71 bits per heavy atom. The minimum atomic E-state index is -0.313. The summed E-state index contributed by atoms with van der Waals surface area (Å²) in [7, 11) is 0. The second kappa shape index (κ2) is 8.23. The van der Waals surface area contributed by atoms with Crippen molar-refractivity contribution in [3.05, 3.63) is 90.2 Å². The molecule has 0 bridgehead atoms. The summed E-state index contributed by atoms with van der Waals surface area (Å²) in [6.45, 7) is 1.44. The first-order chi connectivity index (χ1) is 13.7. The van der Waals surface area contributed by atoms with Crippen LogP contribution in [-0.4, -0.2) is 19.0 Å². The highest BCUT2D eigenvalue weighted by atomic mass is 19.1. The van der Waals surface area contributed by atoms with Gasteiger partial charge in [0.05, 0.1) is 5.92 Å². The first kappa shape index (κ1) is 18.2. The fourth-order valence-electron chi connectivity index (χ4n) is 3.52. The largest absolute Gasteiger partial charge is 0.457 e. The molecule has 2 atom stereocenters. The van der Waals surface area contributed by atoms with Gasteiger partial charge in [-0.2, -0.15) is 0 Å². The van der Waals surface area contributed by atoms with E-state index in [0.717, 1.165) is 6.54 Å².